The first-order chi connectivity index (χ1) is 35.2. The predicted octanol–water partition coefficient (Wildman–Crippen LogP) is 15.4. The Morgan fingerprint density at radius 3 is 1.07 bits per heavy atom. The van der Waals surface area contributed by atoms with Gasteiger partial charge in [0.15, 0.2) is 6.10 Å². The average Bonchev–Trinajstić information content (AvgIpc) is 3.37. The van der Waals surface area contributed by atoms with Crippen molar-refractivity contribution in [3.8, 4) is 0 Å². The third-order valence-electron chi connectivity index (χ3n) is 9.95. The van der Waals surface area contributed by atoms with Crippen LogP contribution in [0.25, 0.3) is 0 Å². The number of aliphatic hydroxyl groups excluding tert-OH is 1. The highest BCUT2D eigenvalue weighted by Crippen LogP contribution is 2.43. The Morgan fingerprint density at radius 1 is 0.389 bits per heavy atom. The van der Waals surface area contributed by atoms with E-state index in [-0.39, 0.29) is 19.3 Å². The highest BCUT2D eigenvalue weighted by Gasteiger charge is 2.28. The second-order valence-electron chi connectivity index (χ2n) is 16.5. The Kier molecular flexibility index (Phi) is 48.9. The Bertz CT molecular complexity index is 1810. The van der Waals surface area contributed by atoms with E-state index in [9.17, 15) is 28.9 Å². The molecule has 11 nitrogen and oxygen atoms in total. The van der Waals surface area contributed by atoms with Crippen LogP contribution in [0.4, 0.5) is 0 Å². The molecule has 3 atom stereocenters. The molecule has 0 rings (SSSR count). The second-order valence-corrected chi connectivity index (χ2v) is 18.0. The van der Waals surface area contributed by atoms with E-state index in [2.05, 4.69) is 142 Å². The number of ether oxygens (including phenoxy) is 3. The third kappa shape index (κ3) is 50.1. The zero-order valence-electron chi connectivity index (χ0n) is 44.1. The fourth-order valence-electron chi connectivity index (χ4n) is 6.05. The van der Waals surface area contributed by atoms with E-state index in [0.29, 0.717) is 25.7 Å². The zero-order valence-corrected chi connectivity index (χ0v) is 45.0. The predicted molar refractivity (Wildman–Crippen MR) is 297 cm³/mol. The first-order valence-electron chi connectivity index (χ1n) is 26.4. The van der Waals surface area contributed by atoms with Gasteiger partial charge >= 0.3 is 25.7 Å². The SMILES string of the molecule is CC/C=C\C/C=C\C/C=C\C/C=C\C/C=C\CCCCCC(=O)OCC(COP(=O)(O)OCC(CO)OC(=O)CC/C=C\C/C=C\C/C=C\C/C=C\CC)OC(=O)CC/C=C\C/C=C\C/C=C\C/C=C\CC. The monoisotopic (exact) mass is 1020 g/mol. The fraction of sp³-hybridized carbons (Fsp3) is 0.517. The van der Waals surface area contributed by atoms with Crippen LogP contribution in [-0.2, 0) is 42.2 Å². The van der Waals surface area contributed by atoms with Gasteiger partial charge in [0.05, 0.1) is 19.8 Å². The van der Waals surface area contributed by atoms with Crippen LogP contribution >= 0.6 is 7.82 Å². The summed E-state index contributed by atoms with van der Waals surface area (Å²) in [5.41, 5.74) is 0. The van der Waals surface area contributed by atoms with E-state index in [1.165, 1.54) is 0 Å². The molecular formula is C60H91O11P. The van der Waals surface area contributed by atoms with Gasteiger partial charge in [0.2, 0.25) is 0 Å². The summed E-state index contributed by atoms with van der Waals surface area (Å²) in [7, 11) is -4.80. The molecule has 0 saturated carbocycles. The van der Waals surface area contributed by atoms with Gasteiger partial charge in [-0.05, 0) is 116 Å². The van der Waals surface area contributed by atoms with Crippen LogP contribution in [0.15, 0.2) is 158 Å². The molecule has 0 bridgehead atoms. The molecule has 0 amide bonds. The molecule has 2 N–H and O–H groups in total. The van der Waals surface area contributed by atoms with E-state index in [0.717, 1.165) is 96.3 Å². The number of unbranched alkanes of at least 4 members (excludes halogenated alkanes) is 3. The van der Waals surface area contributed by atoms with Gasteiger partial charge in [-0.15, -0.1) is 0 Å². The summed E-state index contributed by atoms with van der Waals surface area (Å²) in [4.78, 5) is 48.3. The standard InChI is InChI=1S/C60H91O11P/c1-4-7-10-13-16-19-22-25-26-27-28-29-30-33-34-37-40-43-46-49-58(62)67-53-57(71-60(64)51-48-45-42-39-36-32-24-21-18-15-12-9-6-3)55-69-72(65,66)68-54-56(52-61)70-59(63)50-47-44-41-38-35-31-23-20-17-14-11-8-5-2/h7-12,16-21,25-26,28-29,31-36,41-42,44-45,56-57,61H,4-6,13-15,22-24,27,30,37-40,43,46-55H2,1-3H3,(H,65,66)/b10-7-,11-8-,12-9-,19-16-,20-17-,21-18-,26-25-,29-28-,34-33-,35-31-,36-32-,44-41-,45-42-. The molecule has 3 unspecified atom stereocenters. The smallest absolute Gasteiger partial charge is 0.462 e. The van der Waals surface area contributed by atoms with Crippen molar-refractivity contribution in [2.45, 2.75) is 174 Å². The minimum absolute atomic E-state index is 0.0235. The number of hydrogen-bond acceptors (Lipinski definition) is 10. The van der Waals surface area contributed by atoms with Gasteiger partial charge in [-0.3, -0.25) is 23.4 Å². The van der Waals surface area contributed by atoms with E-state index >= 15 is 0 Å². The van der Waals surface area contributed by atoms with Gasteiger partial charge in [0.25, 0.3) is 0 Å². The molecule has 72 heavy (non-hydrogen) atoms. The number of carbonyl (C=O) groups excluding carboxylic acids is 3. The van der Waals surface area contributed by atoms with Crippen molar-refractivity contribution in [2.24, 2.45) is 0 Å². The molecule has 0 aromatic carbocycles. The second kappa shape index (κ2) is 52.4. The van der Waals surface area contributed by atoms with Gasteiger partial charge < -0.3 is 24.2 Å². The van der Waals surface area contributed by atoms with Crippen LogP contribution in [-0.4, -0.2) is 66.5 Å². The normalized spacial score (nSPS) is 14.7. The van der Waals surface area contributed by atoms with Gasteiger partial charge in [-0.2, -0.15) is 0 Å². The lowest BCUT2D eigenvalue weighted by Crippen LogP contribution is -2.30. The quantitative estimate of drug-likeness (QED) is 0.0197. The lowest BCUT2D eigenvalue weighted by Gasteiger charge is -2.21. The minimum atomic E-state index is -4.80. The van der Waals surface area contributed by atoms with Crippen LogP contribution in [0, 0.1) is 0 Å². The Labute approximate surface area is 434 Å². The summed E-state index contributed by atoms with van der Waals surface area (Å²) < 4.78 is 39.2. The van der Waals surface area contributed by atoms with Gasteiger partial charge in [-0.25, -0.2) is 4.57 Å². The topological polar surface area (TPSA) is 155 Å². The number of aliphatic hydroxyl groups is 1. The van der Waals surface area contributed by atoms with Crippen molar-refractivity contribution >= 4 is 25.7 Å². The van der Waals surface area contributed by atoms with Crippen LogP contribution in [0.5, 0.6) is 0 Å². The number of phosphoric ester groups is 1. The average molecular weight is 1020 g/mol. The number of allylic oxidation sites excluding steroid dienone is 26. The number of esters is 3. The van der Waals surface area contributed by atoms with Gasteiger partial charge in [0, 0.05) is 19.3 Å². The van der Waals surface area contributed by atoms with E-state index in [1.807, 2.05) is 36.5 Å². The van der Waals surface area contributed by atoms with Crippen molar-refractivity contribution in [2.75, 3.05) is 26.4 Å². The highest BCUT2D eigenvalue weighted by atomic mass is 31.2. The maximum absolute atomic E-state index is 12.8. The summed E-state index contributed by atoms with van der Waals surface area (Å²) >= 11 is 0. The number of carbonyl (C=O) groups is 3. The molecule has 0 aliphatic carbocycles. The molecule has 0 aromatic heterocycles. The van der Waals surface area contributed by atoms with E-state index in [4.69, 9.17) is 23.3 Å². The molecule has 0 saturated heterocycles. The van der Waals surface area contributed by atoms with Crippen LogP contribution in [0.2, 0.25) is 0 Å². The van der Waals surface area contributed by atoms with Crippen LogP contribution in [0.3, 0.4) is 0 Å². The summed E-state index contributed by atoms with van der Waals surface area (Å²) in [6, 6.07) is 0. The number of phosphoric acid groups is 1. The molecular weight excluding hydrogens is 928 g/mol. The number of rotatable bonds is 46. The van der Waals surface area contributed by atoms with E-state index < -0.39 is 64.4 Å². The van der Waals surface area contributed by atoms with Gasteiger partial charge in [0.1, 0.15) is 12.7 Å². The van der Waals surface area contributed by atoms with Crippen molar-refractivity contribution in [1.82, 2.24) is 0 Å². The maximum Gasteiger partial charge on any atom is 0.472 e. The molecule has 0 fully saturated rings. The first kappa shape index (κ1) is 67.1. The molecule has 0 heterocycles. The van der Waals surface area contributed by atoms with Crippen molar-refractivity contribution in [3.05, 3.63) is 158 Å². The first-order valence-corrected chi connectivity index (χ1v) is 27.9. The molecule has 12 heteroatoms. The summed E-state index contributed by atoms with van der Waals surface area (Å²) in [6.07, 6.45) is 68.2. The summed E-state index contributed by atoms with van der Waals surface area (Å²) in [5, 5.41) is 9.76. The molecule has 0 aromatic rings. The molecule has 402 valence electrons. The lowest BCUT2D eigenvalue weighted by atomic mass is 10.1. The maximum atomic E-state index is 12.8. The van der Waals surface area contributed by atoms with Crippen molar-refractivity contribution in [3.63, 3.8) is 0 Å². The van der Waals surface area contributed by atoms with Gasteiger partial charge in [-0.1, -0.05) is 185 Å². The fourth-order valence-corrected chi connectivity index (χ4v) is 6.84. The Hall–Kier alpha value is -4.90. The molecule has 0 aliphatic rings. The minimum Gasteiger partial charge on any atom is -0.462 e. The lowest BCUT2D eigenvalue weighted by molar-refractivity contribution is -0.161. The molecule has 0 aliphatic heterocycles. The molecule has 0 radical (unpaired) electrons. The summed E-state index contributed by atoms with van der Waals surface area (Å²) in [6.45, 7) is 4.04. The Morgan fingerprint density at radius 2 is 0.708 bits per heavy atom. The van der Waals surface area contributed by atoms with Crippen molar-refractivity contribution < 1.29 is 52.2 Å². The molecule has 0 spiro atoms. The zero-order chi connectivity index (χ0) is 52.7. The number of hydrogen-bond donors (Lipinski definition) is 2. The van der Waals surface area contributed by atoms with Crippen LogP contribution in [0.1, 0.15) is 162 Å². The third-order valence-corrected chi connectivity index (χ3v) is 10.9. The van der Waals surface area contributed by atoms with Crippen molar-refractivity contribution in [1.29, 1.82) is 0 Å². The van der Waals surface area contributed by atoms with Crippen LogP contribution < -0.4 is 0 Å². The Balaban J connectivity index is 4.94. The largest absolute Gasteiger partial charge is 0.472 e. The highest BCUT2D eigenvalue weighted by molar-refractivity contribution is 7.47. The summed E-state index contributed by atoms with van der Waals surface area (Å²) in [5.74, 6) is -1.72. The van der Waals surface area contributed by atoms with E-state index in [1.54, 1.807) is 0 Å².